The normalized spacial score (nSPS) is 20.6. The third-order valence-corrected chi connectivity index (χ3v) is 6.35. The van der Waals surface area contributed by atoms with Crippen LogP contribution in [0.15, 0.2) is 17.0 Å². The maximum Gasteiger partial charge on any atom is 0.241 e. The average Bonchev–Trinajstić information content (AvgIpc) is 2.52. The minimum atomic E-state index is -3.62. The Balaban J connectivity index is 2.21. The number of ether oxygens (including phenoxy) is 2. The highest BCUT2D eigenvalue weighted by Crippen LogP contribution is 2.33. The summed E-state index contributed by atoms with van der Waals surface area (Å²) in [7, 11) is -0.604. The Morgan fingerprint density at radius 2 is 1.88 bits per heavy atom. The predicted octanol–water partition coefficient (Wildman–Crippen LogP) is 2.07. The van der Waals surface area contributed by atoms with Crippen molar-refractivity contribution in [3.63, 3.8) is 0 Å². The van der Waals surface area contributed by atoms with Crippen molar-refractivity contribution in [3.8, 4) is 11.5 Å². The number of aryl methyl sites for hydroxylation is 1. The topological polar surface area (TPSA) is 76.7 Å². The SMILES string of the molecule is COc1cc(C)c(S(=O)(=O)NCC2NCCCC2(C)C)cc1OC. The lowest BCUT2D eigenvalue weighted by atomic mass is 9.78. The molecule has 136 valence electrons. The van der Waals surface area contributed by atoms with E-state index in [-0.39, 0.29) is 16.4 Å². The van der Waals surface area contributed by atoms with Crippen LogP contribution in [0.4, 0.5) is 0 Å². The first kappa shape index (κ1) is 19.0. The summed E-state index contributed by atoms with van der Waals surface area (Å²) in [5.41, 5.74) is 0.684. The zero-order valence-corrected chi connectivity index (χ0v) is 15.9. The third-order valence-electron chi connectivity index (χ3n) is 4.78. The molecule has 1 fully saturated rings. The number of sulfonamides is 1. The fraction of sp³-hybridized carbons (Fsp3) is 0.647. The van der Waals surface area contributed by atoms with Crippen LogP contribution >= 0.6 is 0 Å². The molecule has 0 aliphatic carbocycles. The van der Waals surface area contributed by atoms with Crippen molar-refractivity contribution in [3.05, 3.63) is 17.7 Å². The first-order valence-electron chi connectivity index (χ1n) is 8.17. The molecular weight excluding hydrogens is 328 g/mol. The molecule has 1 heterocycles. The average molecular weight is 356 g/mol. The van der Waals surface area contributed by atoms with Gasteiger partial charge < -0.3 is 14.8 Å². The van der Waals surface area contributed by atoms with Crippen LogP contribution in [0, 0.1) is 12.3 Å². The highest BCUT2D eigenvalue weighted by molar-refractivity contribution is 7.89. The summed E-state index contributed by atoms with van der Waals surface area (Å²) in [6.45, 7) is 7.37. The van der Waals surface area contributed by atoms with Crippen LogP contribution in [-0.4, -0.2) is 41.8 Å². The smallest absolute Gasteiger partial charge is 0.241 e. The van der Waals surface area contributed by atoms with E-state index in [0.717, 1.165) is 19.4 Å². The Morgan fingerprint density at radius 1 is 1.25 bits per heavy atom. The Kier molecular flexibility index (Phi) is 5.78. The van der Waals surface area contributed by atoms with Crippen LogP contribution in [0.5, 0.6) is 11.5 Å². The van der Waals surface area contributed by atoms with Crippen molar-refractivity contribution in [1.29, 1.82) is 0 Å². The Morgan fingerprint density at radius 3 is 2.46 bits per heavy atom. The molecule has 1 unspecified atom stereocenters. The van der Waals surface area contributed by atoms with Gasteiger partial charge in [-0.15, -0.1) is 0 Å². The van der Waals surface area contributed by atoms with Gasteiger partial charge in [-0.05, 0) is 43.4 Å². The molecule has 6 nitrogen and oxygen atoms in total. The van der Waals surface area contributed by atoms with Crippen LogP contribution in [0.2, 0.25) is 0 Å². The summed E-state index contributed by atoms with van der Waals surface area (Å²) < 4.78 is 38.7. The molecule has 1 aromatic rings. The van der Waals surface area contributed by atoms with Gasteiger partial charge in [0, 0.05) is 18.7 Å². The van der Waals surface area contributed by atoms with E-state index in [1.54, 1.807) is 13.0 Å². The molecule has 0 spiro atoms. The molecule has 1 aliphatic heterocycles. The van der Waals surface area contributed by atoms with Crippen molar-refractivity contribution >= 4 is 10.0 Å². The van der Waals surface area contributed by atoms with Gasteiger partial charge in [-0.25, -0.2) is 13.1 Å². The molecule has 0 radical (unpaired) electrons. The molecule has 1 saturated heterocycles. The number of nitrogens with one attached hydrogen (secondary N) is 2. The first-order valence-corrected chi connectivity index (χ1v) is 9.65. The quantitative estimate of drug-likeness (QED) is 0.816. The standard InChI is InChI=1S/C17H28N2O4S/c1-12-9-13(22-4)14(23-5)10-15(12)24(20,21)19-11-16-17(2,3)7-6-8-18-16/h9-10,16,18-19H,6-8,11H2,1-5H3. The monoisotopic (exact) mass is 356 g/mol. The van der Waals surface area contributed by atoms with E-state index < -0.39 is 10.0 Å². The molecule has 1 aromatic carbocycles. The lowest BCUT2D eigenvalue weighted by Gasteiger charge is -2.39. The summed E-state index contributed by atoms with van der Waals surface area (Å²) in [6, 6.07) is 3.30. The van der Waals surface area contributed by atoms with Gasteiger partial charge in [0.05, 0.1) is 19.1 Å². The van der Waals surface area contributed by atoms with Crippen LogP contribution < -0.4 is 19.5 Å². The second kappa shape index (κ2) is 7.29. The molecule has 1 atom stereocenters. The molecule has 1 aliphatic rings. The number of hydrogen-bond donors (Lipinski definition) is 2. The summed E-state index contributed by atoms with van der Waals surface area (Å²) >= 11 is 0. The Bertz CT molecular complexity index is 686. The highest BCUT2D eigenvalue weighted by Gasteiger charge is 2.33. The molecule has 0 bridgehead atoms. The number of piperidine rings is 1. The minimum absolute atomic E-state index is 0.0629. The number of rotatable bonds is 6. The Hall–Kier alpha value is -1.31. The van der Waals surface area contributed by atoms with E-state index in [2.05, 4.69) is 23.9 Å². The molecule has 0 aromatic heterocycles. The van der Waals surface area contributed by atoms with Gasteiger partial charge in [0.15, 0.2) is 11.5 Å². The molecule has 2 rings (SSSR count). The summed E-state index contributed by atoms with van der Waals surface area (Å²) in [5, 5.41) is 3.42. The van der Waals surface area contributed by atoms with Crippen molar-refractivity contribution in [2.75, 3.05) is 27.3 Å². The molecule has 0 saturated carbocycles. The van der Waals surface area contributed by atoms with E-state index in [4.69, 9.17) is 9.47 Å². The van der Waals surface area contributed by atoms with Crippen molar-refractivity contribution in [1.82, 2.24) is 10.0 Å². The first-order chi connectivity index (χ1) is 11.2. The van der Waals surface area contributed by atoms with E-state index >= 15 is 0 Å². The van der Waals surface area contributed by atoms with Crippen molar-refractivity contribution < 1.29 is 17.9 Å². The minimum Gasteiger partial charge on any atom is -0.493 e. The summed E-state index contributed by atoms with van der Waals surface area (Å²) in [4.78, 5) is 0.216. The molecule has 0 amide bonds. The van der Waals surface area contributed by atoms with Crippen LogP contribution in [0.25, 0.3) is 0 Å². The maximum absolute atomic E-state index is 12.7. The highest BCUT2D eigenvalue weighted by atomic mass is 32.2. The number of hydrogen-bond acceptors (Lipinski definition) is 5. The van der Waals surface area contributed by atoms with Crippen LogP contribution in [0.3, 0.4) is 0 Å². The van der Waals surface area contributed by atoms with Gasteiger partial charge in [-0.1, -0.05) is 13.8 Å². The molecule has 2 N–H and O–H groups in total. The zero-order valence-electron chi connectivity index (χ0n) is 15.1. The van der Waals surface area contributed by atoms with E-state index in [0.29, 0.717) is 23.6 Å². The molecule has 24 heavy (non-hydrogen) atoms. The largest absolute Gasteiger partial charge is 0.493 e. The second-order valence-corrected chi connectivity index (χ2v) is 8.66. The third kappa shape index (κ3) is 4.02. The van der Waals surface area contributed by atoms with Gasteiger partial charge in [0.2, 0.25) is 10.0 Å². The molecular formula is C17H28N2O4S. The van der Waals surface area contributed by atoms with Crippen molar-refractivity contribution in [2.45, 2.75) is 44.6 Å². The summed E-state index contributed by atoms with van der Waals surface area (Å²) in [6.07, 6.45) is 2.20. The maximum atomic E-state index is 12.7. The summed E-state index contributed by atoms with van der Waals surface area (Å²) in [5.74, 6) is 0.920. The van der Waals surface area contributed by atoms with Gasteiger partial charge in [-0.3, -0.25) is 0 Å². The van der Waals surface area contributed by atoms with Gasteiger partial charge in [0.25, 0.3) is 0 Å². The van der Waals surface area contributed by atoms with Crippen LogP contribution in [-0.2, 0) is 10.0 Å². The second-order valence-electron chi connectivity index (χ2n) is 6.92. The number of methoxy groups -OCH3 is 2. The van der Waals surface area contributed by atoms with E-state index in [1.807, 2.05) is 0 Å². The van der Waals surface area contributed by atoms with Crippen LogP contribution in [0.1, 0.15) is 32.3 Å². The van der Waals surface area contributed by atoms with E-state index in [1.165, 1.54) is 20.3 Å². The van der Waals surface area contributed by atoms with Gasteiger partial charge in [-0.2, -0.15) is 0 Å². The fourth-order valence-electron chi connectivity index (χ4n) is 3.14. The zero-order chi connectivity index (χ0) is 18.0. The number of benzene rings is 1. The van der Waals surface area contributed by atoms with E-state index in [9.17, 15) is 8.42 Å². The predicted molar refractivity (Wildman–Crippen MR) is 94.3 cm³/mol. The Labute approximate surface area is 145 Å². The van der Waals surface area contributed by atoms with Gasteiger partial charge in [0.1, 0.15) is 0 Å². The lowest BCUT2D eigenvalue weighted by Crippen LogP contribution is -2.52. The molecule has 7 heteroatoms. The van der Waals surface area contributed by atoms with Gasteiger partial charge >= 0.3 is 0 Å². The van der Waals surface area contributed by atoms with Crippen molar-refractivity contribution in [2.24, 2.45) is 5.41 Å². The lowest BCUT2D eigenvalue weighted by molar-refractivity contribution is 0.181. The fourth-order valence-corrected chi connectivity index (χ4v) is 4.43.